The molecule has 1 saturated heterocycles. The lowest BCUT2D eigenvalue weighted by Gasteiger charge is -2.28. The quantitative estimate of drug-likeness (QED) is 0.307. The summed E-state index contributed by atoms with van der Waals surface area (Å²) in [6.07, 6.45) is 4.46. The SMILES string of the molecule is COc1cccc(Nc2ccnc3[nH]c(-c4ccc(OC5CC6CC5CN6C)cc4)cc23)c1P(C)(C)=O. The van der Waals surface area contributed by atoms with Gasteiger partial charge in [0, 0.05) is 42.2 Å². The highest BCUT2D eigenvalue weighted by Gasteiger charge is 2.44. The Hall–Kier alpha value is -3.28. The third kappa shape index (κ3) is 4.51. The zero-order valence-corrected chi connectivity index (χ0v) is 22.6. The maximum absolute atomic E-state index is 13.1. The van der Waals surface area contributed by atoms with Gasteiger partial charge in [-0.05, 0) is 80.9 Å². The van der Waals surface area contributed by atoms with Crippen LogP contribution in [-0.4, -0.2) is 61.0 Å². The third-order valence-electron chi connectivity index (χ3n) is 7.76. The molecule has 7 nitrogen and oxygen atoms in total. The maximum Gasteiger partial charge on any atom is 0.139 e. The summed E-state index contributed by atoms with van der Waals surface area (Å²) >= 11 is 0. The molecule has 0 spiro atoms. The molecule has 2 fully saturated rings. The van der Waals surface area contributed by atoms with E-state index in [1.54, 1.807) is 26.6 Å². The average Bonchev–Trinajstić information content (AvgIpc) is 3.58. The molecule has 37 heavy (non-hydrogen) atoms. The lowest BCUT2D eigenvalue weighted by Crippen LogP contribution is -2.37. The number of benzene rings is 2. The van der Waals surface area contributed by atoms with Gasteiger partial charge in [-0.15, -0.1) is 0 Å². The smallest absolute Gasteiger partial charge is 0.139 e. The number of hydrogen-bond donors (Lipinski definition) is 2. The Morgan fingerprint density at radius 2 is 1.89 bits per heavy atom. The fourth-order valence-electron chi connectivity index (χ4n) is 5.94. The number of pyridine rings is 1. The minimum absolute atomic E-state index is 0.320. The highest BCUT2D eigenvalue weighted by atomic mass is 31.2. The van der Waals surface area contributed by atoms with Crippen LogP contribution in [0.25, 0.3) is 22.3 Å². The van der Waals surface area contributed by atoms with Crippen LogP contribution in [0.4, 0.5) is 11.4 Å². The molecular formula is C29H33N4O3P. The van der Waals surface area contributed by atoms with Crippen LogP contribution in [-0.2, 0) is 4.57 Å². The second-order valence-electron chi connectivity index (χ2n) is 10.6. The van der Waals surface area contributed by atoms with Gasteiger partial charge in [-0.2, -0.15) is 0 Å². The van der Waals surface area contributed by atoms with Crippen LogP contribution in [0.15, 0.2) is 60.8 Å². The van der Waals surface area contributed by atoms with Gasteiger partial charge in [0.2, 0.25) is 0 Å². The molecule has 2 bridgehead atoms. The highest BCUT2D eigenvalue weighted by Crippen LogP contribution is 2.43. The standard InChI is InChI=1S/C29H33N4O3P/c1-33-17-19-14-20(33)15-27(19)36-21-10-8-18(9-11-21)25-16-22-23(12-13-30-29(22)32-25)31-24-6-5-7-26(35-2)28(24)37(3,4)34/h5-13,16,19-20,27H,14-15,17H2,1-4H3,(H2,30,31,32). The van der Waals surface area contributed by atoms with Gasteiger partial charge in [-0.25, -0.2) is 4.98 Å². The summed E-state index contributed by atoms with van der Waals surface area (Å²) < 4.78 is 25.0. The van der Waals surface area contributed by atoms with Gasteiger partial charge in [0.25, 0.3) is 0 Å². The summed E-state index contributed by atoms with van der Waals surface area (Å²) in [6, 6.07) is 18.7. The topological polar surface area (TPSA) is 79.5 Å². The van der Waals surface area contributed by atoms with Gasteiger partial charge in [0.1, 0.15) is 30.4 Å². The number of rotatable bonds is 7. The van der Waals surface area contributed by atoms with Crippen molar-refractivity contribution < 1.29 is 14.0 Å². The highest BCUT2D eigenvalue weighted by molar-refractivity contribution is 7.70. The predicted octanol–water partition coefficient (Wildman–Crippen LogP) is 5.70. The number of aromatic amines is 1. The maximum atomic E-state index is 13.1. The Morgan fingerprint density at radius 3 is 2.57 bits per heavy atom. The number of nitrogens with zero attached hydrogens (tertiary/aromatic N) is 2. The lowest BCUT2D eigenvalue weighted by molar-refractivity contribution is 0.105. The molecule has 3 heterocycles. The molecule has 2 aromatic carbocycles. The van der Waals surface area contributed by atoms with E-state index in [1.165, 1.54) is 6.42 Å². The summed E-state index contributed by atoms with van der Waals surface area (Å²) in [6.45, 7) is 4.66. The monoisotopic (exact) mass is 516 g/mol. The first-order chi connectivity index (χ1) is 17.8. The van der Waals surface area contributed by atoms with E-state index in [1.807, 2.05) is 24.3 Å². The van der Waals surface area contributed by atoms with E-state index in [0.29, 0.717) is 29.1 Å². The van der Waals surface area contributed by atoms with Crippen molar-refractivity contribution in [2.45, 2.75) is 25.0 Å². The molecule has 8 heteroatoms. The van der Waals surface area contributed by atoms with E-state index in [9.17, 15) is 4.57 Å². The van der Waals surface area contributed by atoms with Crippen LogP contribution in [0.1, 0.15) is 12.8 Å². The number of H-pyrrole nitrogens is 1. The van der Waals surface area contributed by atoms with Crippen LogP contribution < -0.4 is 20.1 Å². The van der Waals surface area contributed by atoms with Gasteiger partial charge in [-0.3, -0.25) is 0 Å². The van der Waals surface area contributed by atoms with Crippen LogP contribution in [0.5, 0.6) is 11.5 Å². The second-order valence-corrected chi connectivity index (χ2v) is 13.8. The summed E-state index contributed by atoms with van der Waals surface area (Å²) in [5.41, 5.74) is 4.49. The van der Waals surface area contributed by atoms with Gasteiger partial charge >= 0.3 is 0 Å². The third-order valence-corrected chi connectivity index (χ3v) is 9.30. The summed E-state index contributed by atoms with van der Waals surface area (Å²) in [7, 11) is 1.22. The van der Waals surface area contributed by atoms with Crippen LogP contribution in [0.3, 0.4) is 0 Å². The number of fused-ring (bicyclic) bond motifs is 3. The molecule has 1 saturated carbocycles. The van der Waals surface area contributed by atoms with E-state index >= 15 is 0 Å². The molecule has 1 aliphatic carbocycles. The van der Waals surface area contributed by atoms with E-state index in [2.05, 4.69) is 57.6 Å². The zero-order chi connectivity index (χ0) is 25.7. The molecule has 3 unspecified atom stereocenters. The number of methoxy groups -OCH3 is 1. The largest absolute Gasteiger partial charge is 0.496 e. The molecule has 2 aliphatic rings. The van der Waals surface area contributed by atoms with E-state index in [0.717, 1.165) is 52.4 Å². The van der Waals surface area contributed by atoms with Crippen molar-refractivity contribution in [3.63, 3.8) is 0 Å². The Kier molecular flexibility index (Phi) is 6.01. The molecule has 0 radical (unpaired) electrons. The zero-order valence-electron chi connectivity index (χ0n) is 21.7. The fraction of sp³-hybridized carbons (Fsp3) is 0.345. The second kappa shape index (κ2) is 9.23. The van der Waals surface area contributed by atoms with Crippen molar-refractivity contribution in [1.82, 2.24) is 14.9 Å². The van der Waals surface area contributed by atoms with Crippen molar-refractivity contribution in [3.05, 3.63) is 60.8 Å². The van der Waals surface area contributed by atoms with Crippen LogP contribution >= 0.6 is 7.14 Å². The summed E-state index contributed by atoms with van der Waals surface area (Å²) in [5.74, 6) is 2.19. The van der Waals surface area contributed by atoms with E-state index in [4.69, 9.17) is 9.47 Å². The predicted molar refractivity (Wildman–Crippen MR) is 150 cm³/mol. The Bertz CT molecular complexity index is 1490. The minimum Gasteiger partial charge on any atom is -0.496 e. The molecule has 0 amide bonds. The number of nitrogens with one attached hydrogen (secondary N) is 2. The number of aromatic nitrogens is 2. The number of hydrogen-bond acceptors (Lipinski definition) is 6. The molecular weight excluding hydrogens is 483 g/mol. The molecule has 3 atom stereocenters. The number of likely N-dealkylation sites (tertiary alicyclic amines) is 1. The molecule has 2 N–H and O–H groups in total. The lowest BCUT2D eigenvalue weighted by atomic mass is 10.1. The fourth-order valence-corrected chi connectivity index (χ4v) is 7.35. The first-order valence-corrected chi connectivity index (χ1v) is 15.3. The van der Waals surface area contributed by atoms with Crippen LogP contribution in [0, 0.1) is 5.92 Å². The van der Waals surface area contributed by atoms with Crippen molar-refractivity contribution in [3.8, 4) is 22.8 Å². The van der Waals surface area contributed by atoms with Gasteiger partial charge in [-0.1, -0.05) is 6.07 Å². The number of anilines is 2. The normalized spacial score (nSPS) is 21.5. The Morgan fingerprint density at radius 1 is 1.08 bits per heavy atom. The number of piperidine rings is 1. The molecule has 2 aromatic heterocycles. The van der Waals surface area contributed by atoms with Crippen molar-refractivity contribution in [2.75, 3.05) is 39.3 Å². The van der Waals surface area contributed by atoms with Gasteiger partial charge < -0.3 is 29.2 Å². The molecule has 192 valence electrons. The van der Waals surface area contributed by atoms with Crippen LogP contribution in [0.2, 0.25) is 0 Å². The molecule has 4 aromatic rings. The molecule has 6 rings (SSSR count). The van der Waals surface area contributed by atoms with Gasteiger partial charge in [0.15, 0.2) is 0 Å². The molecule has 1 aliphatic heterocycles. The van der Waals surface area contributed by atoms with Gasteiger partial charge in [0.05, 0.1) is 23.8 Å². The Balaban J connectivity index is 1.26. The first-order valence-electron chi connectivity index (χ1n) is 12.7. The van der Waals surface area contributed by atoms with Crippen molar-refractivity contribution >= 4 is 34.9 Å². The van der Waals surface area contributed by atoms with Crippen molar-refractivity contribution in [2.24, 2.45) is 5.92 Å². The van der Waals surface area contributed by atoms with E-state index < -0.39 is 7.14 Å². The van der Waals surface area contributed by atoms with Crippen molar-refractivity contribution in [1.29, 1.82) is 0 Å². The average molecular weight is 517 g/mol. The first kappa shape index (κ1) is 24.1. The number of ether oxygens (including phenoxy) is 2. The summed E-state index contributed by atoms with van der Waals surface area (Å²) in [4.78, 5) is 10.5. The Labute approximate surface area is 217 Å². The van der Waals surface area contributed by atoms with E-state index in [-0.39, 0.29) is 0 Å². The summed E-state index contributed by atoms with van der Waals surface area (Å²) in [5, 5.41) is 5.15. The minimum atomic E-state index is -2.60.